The Kier molecular flexibility index (Phi) is 5.07. The molecule has 0 aliphatic rings. The molecule has 1 atom stereocenters. The summed E-state index contributed by atoms with van der Waals surface area (Å²) in [6, 6.07) is 16.2. The number of aromatic nitrogens is 1. The largest absolute Gasteiger partial charge is 0.448 e. The number of carbonyl (C=O) groups excluding carboxylic acids is 2. The summed E-state index contributed by atoms with van der Waals surface area (Å²) in [5, 5.41) is 14.3. The first-order chi connectivity index (χ1) is 13.0. The van der Waals surface area contributed by atoms with Crippen LogP contribution in [0.1, 0.15) is 17.4 Å². The first-order valence-electron chi connectivity index (χ1n) is 8.07. The van der Waals surface area contributed by atoms with Gasteiger partial charge in [0.1, 0.15) is 11.4 Å². The van der Waals surface area contributed by atoms with Gasteiger partial charge in [-0.25, -0.2) is 9.78 Å². The summed E-state index contributed by atoms with van der Waals surface area (Å²) in [6.45, 7) is 1.38. The van der Waals surface area contributed by atoms with Crippen LogP contribution in [-0.4, -0.2) is 27.9 Å². The van der Waals surface area contributed by atoms with Crippen molar-refractivity contribution in [1.82, 2.24) is 4.98 Å². The minimum Gasteiger partial charge on any atom is -0.448 e. The van der Waals surface area contributed by atoms with Crippen LogP contribution in [0.5, 0.6) is 0 Å². The van der Waals surface area contributed by atoms with E-state index in [1.54, 1.807) is 24.3 Å². The Labute approximate surface area is 153 Å². The van der Waals surface area contributed by atoms with Crippen LogP contribution < -0.4 is 5.32 Å². The van der Waals surface area contributed by atoms with Crippen LogP contribution in [0.3, 0.4) is 0 Å². The van der Waals surface area contributed by atoms with Gasteiger partial charge in [0.15, 0.2) is 6.10 Å². The van der Waals surface area contributed by atoms with Crippen LogP contribution in [-0.2, 0) is 9.53 Å². The Hall–Kier alpha value is -3.81. The van der Waals surface area contributed by atoms with Crippen molar-refractivity contribution in [3.63, 3.8) is 0 Å². The number of nitro benzene ring substituents is 1. The number of para-hydroxylation sites is 3. The number of pyridine rings is 1. The molecule has 27 heavy (non-hydrogen) atoms. The summed E-state index contributed by atoms with van der Waals surface area (Å²) in [5.41, 5.74) is 0.475. The molecule has 1 heterocycles. The molecule has 136 valence electrons. The van der Waals surface area contributed by atoms with Crippen LogP contribution in [0.2, 0.25) is 0 Å². The molecule has 0 spiro atoms. The highest BCUT2D eigenvalue weighted by Gasteiger charge is 2.22. The van der Waals surface area contributed by atoms with Crippen LogP contribution in [0.25, 0.3) is 10.9 Å². The Balaban J connectivity index is 1.70. The van der Waals surface area contributed by atoms with E-state index in [0.29, 0.717) is 5.52 Å². The molecule has 0 fully saturated rings. The molecule has 3 aromatic rings. The van der Waals surface area contributed by atoms with Crippen molar-refractivity contribution in [1.29, 1.82) is 0 Å². The molecule has 0 saturated heterocycles. The molecule has 1 N–H and O–H groups in total. The number of amides is 1. The number of fused-ring (bicyclic) bond motifs is 1. The number of hydrogen-bond acceptors (Lipinski definition) is 6. The van der Waals surface area contributed by atoms with Gasteiger partial charge in [0.2, 0.25) is 0 Å². The molecule has 0 aliphatic heterocycles. The molecule has 0 radical (unpaired) electrons. The Morgan fingerprint density at radius 3 is 2.56 bits per heavy atom. The standard InChI is InChI=1S/C19H15N3O5/c1-12(18(23)21-15-8-4-5-9-17(15)22(25)26)27-19(24)16-11-10-13-6-2-3-7-14(13)20-16/h2-12H,1H3,(H,21,23). The second-order valence-corrected chi connectivity index (χ2v) is 5.70. The monoisotopic (exact) mass is 365 g/mol. The number of benzene rings is 2. The highest BCUT2D eigenvalue weighted by Crippen LogP contribution is 2.23. The SMILES string of the molecule is CC(OC(=O)c1ccc2ccccc2n1)C(=O)Nc1ccccc1[N+](=O)[O-]. The van der Waals surface area contributed by atoms with E-state index in [-0.39, 0.29) is 17.1 Å². The minimum atomic E-state index is -1.16. The predicted octanol–water partition coefficient (Wildman–Crippen LogP) is 3.33. The Bertz CT molecular complexity index is 1030. The summed E-state index contributed by atoms with van der Waals surface area (Å²) < 4.78 is 5.14. The lowest BCUT2D eigenvalue weighted by molar-refractivity contribution is -0.383. The molecular formula is C19H15N3O5. The average Bonchev–Trinajstić information content (AvgIpc) is 2.67. The summed E-state index contributed by atoms with van der Waals surface area (Å²) in [4.78, 5) is 39.1. The van der Waals surface area contributed by atoms with Crippen LogP contribution in [0.15, 0.2) is 60.7 Å². The van der Waals surface area contributed by atoms with Crippen LogP contribution >= 0.6 is 0 Å². The van der Waals surface area contributed by atoms with Crippen molar-refractivity contribution in [3.05, 3.63) is 76.5 Å². The van der Waals surface area contributed by atoms with E-state index in [2.05, 4.69) is 10.3 Å². The van der Waals surface area contributed by atoms with Crippen molar-refractivity contribution >= 4 is 34.2 Å². The van der Waals surface area contributed by atoms with Crippen LogP contribution in [0.4, 0.5) is 11.4 Å². The number of esters is 1. The van der Waals surface area contributed by atoms with Crippen molar-refractivity contribution in [2.24, 2.45) is 0 Å². The molecule has 0 aliphatic carbocycles. The lowest BCUT2D eigenvalue weighted by atomic mass is 10.2. The first-order valence-corrected chi connectivity index (χ1v) is 8.07. The van der Waals surface area contributed by atoms with E-state index in [1.165, 1.54) is 31.2 Å². The molecule has 1 aromatic heterocycles. The molecule has 8 nitrogen and oxygen atoms in total. The van der Waals surface area contributed by atoms with Crippen LogP contribution in [0, 0.1) is 10.1 Å². The molecule has 8 heteroatoms. The van der Waals surface area contributed by atoms with E-state index in [0.717, 1.165) is 5.39 Å². The van der Waals surface area contributed by atoms with Gasteiger partial charge in [0.05, 0.1) is 10.4 Å². The second kappa shape index (κ2) is 7.61. The van der Waals surface area contributed by atoms with Gasteiger partial charge in [-0.1, -0.05) is 36.4 Å². The third kappa shape index (κ3) is 4.06. The fourth-order valence-electron chi connectivity index (χ4n) is 2.43. The third-order valence-electron chi connectivity index (χ3n) is 3.82. The highest BCUT2D eigenvalue weighted by atomic mass is 16.6. The van der Waals surface area contributed by atoms with Gasteiger partial charge >= 0.3 is 5.97 Å². The summed E-state index contributed by atoms with van der Waals surface area (Å²) in [7, 11) is 0. The van der Waals surface area contributed by atoms with E-state index < -0.39 is 22.9 Å². The maximum atomic E-state index is 12.3. The average molecular weight is 365 g/mol. The molecular weight excluding hydrogens is 350 g/mol. The zero-order valence-electron chi connectivity index (χ0n) is 14.3. The minimum absolute atomic E-state index is 0.0271. The number of anilines is 1. The van der Waals surface area contributed by atoms with Crippen molar-refractivity contribution < 1.29 is 19.2 Å². The van der Waals surface area contributed by atoms with Gasteiger partial charge in [0.25, 0.3) is 11.6 Å². The molecule has 3 rings (SSSR count). The number of nitrogens with zero attached hydrogens (tertiary/aromatic N) is 2. The van der Waals surface area contributed by atoms with Gasteiger partial charge in [-0.3, -0.25) is 14.9 Å². The van der Waals surface area contributed by atoms with E-state index in [1.807, 2.05) is 12.1 Å². The normalized spacial score (nSPS) is 11.6. The highest BCUT2D eigenvalue weighted by molar-refractivity contribution is 5.98. The summed E-state index contributed by atoms with van der Waals surface area (Å²) in [5.74, 6) is -1.44. The van der Waals surface area contributed by atoms with Crippen molar-refractivity contribution in [3.8, 4) is 0 Å². The third-order valence-corrected chi connectivity index (χ3v) is 3.82. The van der Waals surface area contributed by atoms with Gasteiger partial charge in [0, 0.05) is 11.5 Å². The number of hydrogen-bond donors (Lipinski definition) is 1. The van der Waals surface area contributed by atoms with Crippen molar-refractivity contribution in [2.45, 2.75) is 13.0 Å². The zero-order valence-corrected chi connectivity index (χ0v) is 14.3. The predicted molar refractivity (Wildman–Crippen MR) is 98.3 cm³/mol. The first kappa shape index (κ1) is 18.0. The van der Waals surface area contributed by atoms with E-state index >= 15 is 0 Å². The fraction of sp³-hybridized carbons (Fsp3) is 0.105. The Morgan fingerprint density at radius 2 is 1.78 bits per heavy atom. The second-order valence-electron chi connectivity index (χ2n) is 5.70. The van der Waals surface area contributed by atoms with E-state index in [9.17, 15) is 19.7 Å². The smallest absolute Gasteiger partial charge is 0.357 e. The maximum Gasteiger partial charge on any atom is 0.357 e. The van der Waals surface area contributed by atoms with Gasteiger partial charge < -0.3 is 10.1 Å². The quantitative estimate of drug-likeness (QED) is 0.422. The molecule has 2 aromatic carbocycles. The summed E-state index contributed by atoms with van der Waals surface area (Å²) >= 11 is 0. The Morgan fingerprint density at radius 1 is 1.07 bits per heavy atom. The maximum absolute atomic E-state index is 12.3. The molecule has 0 bridgehead atoms. The number of carbonyl (C=O) groups is 2. The van der Waals surface area contributed by atoms with Gasteiger partial charge in [-0.2, -0.15) is 0 Å². The molecule has 1 amide bonds. The number of rotatable bonds is 5. The molecule has 0 saturated carbocycles. The lowest BCUT2D eigenvalue weighted by Crippen LogP contribution is -2.30. The van der Waals surface area contributed by atoms with Gasteiger partial charge in [-0.15, -0.1) is 0 Å². The number of ether oxygens (including phenoxy) is 1. The van der Waals surface area contributed by atoms with E-state index in [4.69, 9.17) is 4.74 Å². The lowest BCUT2D eigenvalue weighted by Gasteiger charge is -2.13. The zero-order chi connectivity index (χ0) is 19.4. The van der Waals surface area contributed by atoms with Gasteiger partial charge in [-0.05, 0) is 25.1 Å². The summed E-state index contributed by atoms with van der Waals surface area (Å²) in [6.07, 6.45) is -1.16. The number of nitro groups is 1. The topological polar surface area (TPSA) is 111 Å². The fourth-order valence-corrected chi connectivity index (χ4v) is 2.43. The van der Waals surface area contributed by atoms with Crippen molar-refractivity contribution in [2.75, 3.05) is 5.32 Å². The number of nitrogens with one attached hydrogen (secondary N) is 1. The molecule has 1 unspecified atom stereocenters.